The molecule has 0 unspecified atom stereocenters. The quantitative estimate of drug-likeness (QED) is 0.197. The van der Waals surface area contributed by atoms with Crippen LogP contribution in [0.1, 0.15) is 5.56 Å². The van der Waals surface area contributed by atoms with Crippen molar-refractivity contribution >= 4 is 35.8 Å². The lowest BCUT2D eigenvalue weighted by Crippen LogP contribution is -2.44. The second kappa shape index (κ2) is 14.5. The Bertz CT molecular complexity index is 739. The Labute approximate surface area is 189 Å². The SMILES string of the molecule is CN=C(NCCOc1ccc(OC)cc1)NCC(=O)NCCc1ccccc1.I. The van der Waals surface area contributed by atoms with E-state index in [1.807, 2.05) is 54.6 Å². The number of guanidine groups is 1. The van der Waals surface area contributed by atoms with Crippen LogP contribution in [-0.4, -0.2) is 52.3 Å². The van der Waals surface area contributed by atoms with E-state index in [0.29, 0.717) is 25.7 Å². The van der Waals surface area contributed by atoms with Crippen LogP contribution in [0.3, 0.4) is 0 Å². The number of ether oxygens (including phenoxy) is 2. The molecule has 0 aliphatic rings. The number of hydrogen-bond donors (Lipinski definition) is 3. The lowest BCUT2D eigenvalue weighted by Gasteiger charge is -2.13. The largest absolute Gasteiger partial charge is 0.497 e. The van der Waals surface area contributed by atoms with E-state index in [1.54, 1.807) is 14.2 Å². The van der Waals surface area contributed by atoms with Gasteiger partial charge in [-0.25, -0.2) is 0 Å². The number of halogens is 1. The highest BCUT2D eigenvalue weighted by atomic mass is 127. The topological polar surface area (TPSA) is 84.0 Å². The molecule has 3 N–H and O–H groups in total. The molecule has 8 heteroatoms. The molecule has 2 rings (SSSR count). The van der Waals surface area contributed by atoms with Crippen molar-refractivity contribution in [3.05, 3.63) is 60.2 Å². The zero-order valence-corrected chi connectivity index (χ0v) is 19.1. The molecule has 1 amide bonds. The first-order valence-corrected chi connectivity index (χ1v) is 9.23. The van der Waals surface area contributed by atoms with Crippen LogP contribution >= 0.6 is 24.0 Å². The highest BCUT2D eigenvalue weighted by Gasteiger charge is 2.03. The van der Waals surface area contributed by atoms with E-state index in [4.69, 9.17) is 9.47 Å². The van der Waals surface area contributed by atoms with E-state index in [1.165, 1.54) is 5.56 Å². The molecule has 0 aromatic heterocycles. The molecule has 0 fully saturated rings. The van der Waals surface area contributed by atoms with Crippen LogP contribution in [0.25, 0.3) is 0 Å². The maximum atomic E-state index is 11.9. The summed E-state index contributed by atoms with van der Waals surface area (Å²) in [5.74, 6) is 2.03. The number of nitrogens with one attached hydrogen (secondary N) is 3. The van der Waals surface area contributed by atoms with E-state index in [-0.39, 0.29) is 36.4 Å². The third-order valence-corrected chi connectivity index (χ3v) is 3.94. The maximum absolute atomic E-state index is 11.9. The monoisotopic (exact) mass is 512 g/mol. The molecule has 0 heterocycles. The fourth-order valence-corrected chi connectivity index (χ4v) is 2.45. The lowest BCUT2D eigenvalue weighted by atomic mass is 10.1. The number of carbonyl (C=O) groups is 1. The molecule has 0 aliphatic carbocycles. The van der Waals surface area contributed by atoms with Crippen molar-refractivity contribution in [3.8, 4) is 11.5 Å². The number of aliphatic imine (C=N–C) groups is 1. The summed E-state index contributed by atoms with van der Waals surface area (Å²) in [4.78, 5) is 16.0. The van der Waals surface area contributed by atoms with Gasteiger partial charge in [0.15, 0.2) is 5.96 Å². The van der Waals surface area contributed by atoms with Gasteiger partial charge in [-0.3, -0.25) is 9.79 Å². The molecule has 0 radical (unpaired) electrons. The number of rotatable bonds is 10. The molecular formula is C21H29IN4O3. The molecule has 0 saturated carbocycles. The Balaban J connectivity index is 0.00000420. The van der Waals surface area contributed by atoms with Gasteiger partial charge in [-0.1, -0.05) is 30.3 Å². The Morgan fingerprint density at radius 2 is 1.62 bits per heavy atom. The summed E-state index contributed by atoms with van der Waals surface area (Å²) in [5, 5.41) is 8.98. The minimum Gasteiger partial charge on any atom is -0.497 e. The average Bonchev–Trinajstić information content (AvgIpc) is 2.74. The van der Waals surface area contributed by atoms with Crippen molar-refractivity contribution in [2.45, 2.75) is 6.42 Å². The molecule has 0 saturated heterocycles. The van der Waals surface area contributed by atoms with Gasteiger partial charge in [-0.05, 0) is 36.2 Å². The normalized spacial score (nSPS) is 10.5. The summed E-state index contributed by atoms with van der Waals surface area (Å²) in [6, 6.07) is 17.5. The minimum absolute atomic E-state index is 0. The zero-order chi connectivity index (χ0) is 20.0. The summed E-state index contributed by atoms with van der Waals surface area (Å²) < 4.78 is 10.8. The summed E-state index contributed by atoms with van der Waals surface area (Å²) >= 11 is 0. The number of nitrogens with zero attached hydrogens (tertiary/aromatic N) is 1. The molecule has 7 nitrogen and oxygen atoms in total. The number of methoxy groups -OCH3 is 1. The number of carbonyl (C=O) groups excluding carboxylic acids is 1. The van der Waals surface area contributed by atoms with Crippen LogP contribution in [0.5, 0.6) is 11.5 Å². The van der Waals surface area contributed by atoms with Crippen molar-refractivity contribution in [3.63, 3.8) is 0 Å². The van der Waals surface area contributed by atoms with Crippen LogP contribution in [0.15, 0.2) is 59.6 Å². The summed E-state index contributed by atoms with van der Waals surface area (Å²) in [5.41, 5.74) is 1.20. The minimum atomic E-state index is -0.0756. The molecule has 158 valence electrons. The Morgan fingerprint density at radius 3 is 2.28 bits per heavy atom. The lowest BCUT2D eigenvalue weighted by molar-refractivity contribution is -0.119. The molecule has 0 bridgehead atoms. The molecule has 2 aromatic carbocycles. The van der Waals surface area contributed by atoms with Gasteiger partial charge in [0.1, 0.15) is 18.1 Å². The molecular weight excluding hydrogens is 483 g/mol. The van der Waals surface area contributed by atoms with E-state index in [0.717, 1.165) is 17.9 Å². The van der Waals surface area contributed by atoms with E-state index < -0.39 is 0 Å². The van der Waals surface area contributed by atoms with Gasteiger partial charge < -0.3 is 25.4 Å². The second-order valence-corrected chi connectivity index (χ2v) is 5.96. The fourth-order valence-electron chi connectivity index (χ4n) is 2.45. The van der Waals surface area contributed by atoms with Crippen LogP contribution in [-0.2, 0) is 11.2 Å². The van der Waals surface area contributed by atoms with E-state index in [9.17, 15) is 4.79 Å². The Hall–Kier alpha value is -2.49. The zero-order valence-electron chi connectivity index (χ0n) is 16.8. The van der Waals surface area contributed by atoms with Crippen molar-refractivity contribution in [2.75, 3.05) is 40.4 Å². The van der Waals surface area contributed by atoms with Gasteiger partial charge in [0.25, 0.3) is 0 Å². The Morgan fingerprint density at radius 1 is 0.931 bits per heavy atom. The van der Waals surface area contributed by atoms with Crippen molar-refractivity contribution in [1.29, 1.82) is 0 Å². The van der Waals surface area contributed by atoms with Crippen molar-refractivity contribution < 1.29 is 14.3 Å². The van der Waals surface area contributed by atoms with E-state index >= 15 is 0 Å². The van der Waals surface area contributed by atoms with E-state index in [2.05, 4.69) is 20.9 Å². The highest BCUT2D eigenvalue weighted by molar-refractivity contribution is 14.0. The van der Waals surface area contributed by atoms with Crippen LogP contribution in [0.4, 0.5) is 0 Å². The first kappa shape index (κ1) is 24.5. The van der Waals surface area contributed by atoms with Crippen LogP contribution < -0.4 is 25.4 Å². The fraction of sp³-hybridized carbons (Fsp3) is 0.333. The van der Waals surface area contributed by atoms with Crippen LogP contribution in [0.2, 0.25) is 0 Å². The molecule has 0 atom stereocenters. The number of amides is 1. The first-order chi connectivity index (χ1) is 13.7. The van der Waals surface area contributed by atoms with Gasteiger partial charge >= 0.3 is 0 Å². The van der Waals surface area contributed by atoms with Crippen molar-refractivity contribution in [1.82, 2.24) is 16.0 Å². The Kier molecular flexibility index (Phi) is 12.3. The van der Waals surface area contributed by atoms with Gasteiger partial charge in [0, 0.05) is 13.6 Å². The number of hydrogen-bond acceptors (Lipinski definition) is 4. The van der Waals surface area contributed by atoms with Crippen LogP contribution in [0, 0.1) is 0 Å². The maximum Gasteiger partial charge on any atom is 0.239 e. The van der Waals surface area contributed by atoms with Gasteiger partial charge in [0.05, 0.1) is 20.2 Å². The van der Waals surface area contributed by atoms with Gasteiger partial charge in [-0.15, -0.1) is 24.0 Å². The van der Waals surface area contributed by atoms with Gasteiger partial charge in [-0.2, -0.15) is 0 Å². The predicted molar refractivity (Wildman–Crippen MR) is 126 cm³/mol. The smallest absolute Gasteiger partial charge is 0.239 e. The standard InChI is InChI=1S/C21H28N4O3.HI/c1-22-21(24-14-15-28-19-10-8-18(27-2)9-11-19)25-16-20(26)23-13-12-17-6-4-3-5-7-17;/h3-11H,12-16H2,1-2H3,(H,23,26)(H2,22,24,25);1H. The summed E-state index contributed by atoms with van der Waals surface area (Å²) in [6.45, 7) is 1.79. The summed E-state index contributed by atoms with van der Waals surface area (Å²) in [6.07, 6.45) is 0.808. The predicted octanol–water partition coefficient (Wildman–Crippen LogP) is 2.22. The highest BCUT2D eigenvalue weighted by Crippen LogP contribution is 2.16. The third-order valence-electron chi connectivity index (χ3n) is 3.94. The third kappa shape index (κ3) is 10.0. The average molecular weight is 512 g/mol. The molecule has 29 heavy (non-hydrogen) atoms. The molecule has 0 spiro atoms. The molecule has 2 aromatic rings. The second-order valence-electron chi connectivity index (χ2n) is 5.96. The van der Waals surface area contributed by atoms with Crippen molar-refractivity contribution in [2.24, 2.45) is 4.99 Å². The number of benzene rings is 2. The summed E-state index contributed by atoms with van der Waals surface area (Å²) in [7, 11) is 3.29. The first-order valence-electron chi connectivity index (χ1n) is 9.23. The van der Waals surface area contributed by atoms with Gasteiger partial charge in [0.2, 0.25) is 5.91 Å². The molecule has 0 aliphatic heterocycles.